The summed E-state index contributed by atoms with van der Waals surface area (Å²) in [6.07, 6.45) is 43.2. The topological polar surface area (TPSA) is 237 Å². The SMILES string of the molecule is CC(C)CCCCCCCCCCCCCCCCC(=O)O[C@H](COC(=O)CCCCCCCCCCCC(C)C)COP(=O)(O)OCC(O)COP(=O)(O)OC[C@@H](COC(=O)CCCCCCCCCC(C)C)OC(=O)CCCCCCCCCCC(C)C. The fourth-order valence-electron chi connectivity index (χ4n) is 10.7. The van der Waals surface area contributed by atoms with E-state index in [1.165, 1.54) is 148 Å². The molecule has 0 aliphatic rings. The number of aliphatic hydroxyl groups is 1. The molecule has 0 amide bonds. The van der Waals surface area contributed by atoms with Gasteiger partial charge in [-0.2, -0.15) is 0 Å². The van der Waals surface area contributed by atoms with Gasteiger partial charge in [-0.05, 0) is 49.4 Å². The monoisotopic (exact) mass is 1320 g/mol. The Morgan fingerprint density at radius 2 is 0.467 bits per heavy atom. The van der Waals surface area contributed by atoms with Gasteiger partial charge in [0.2, 0.25) is 0 Å². The van der Waals surface area contributed by atoms with Crippen molar-refractivity contribution in [2.45, 2.75) is 369 Å². The molecule has 534 valence electrons. The Kier molecular flexibility index (Phi) is 59.4. The molecule has 0 spiro atoms. The maximum atomic E-state index is 13.0. The average molecular weight is 1330 g/mol. The normalized spacial score (nSPS) is 14.3. The van der Waals surface area contributed by atoms with Gasteiger partial charge in [-0.3, -0.25) is 37.3 Å². The van der Waals surface area contributed by atoms with Crippen molar-refractivity contribution in [3.63, 3.8) is 0 Å². The average Bonchev–Trinajstić information content (AvgIpc) is 3.70. The Morgan fingerprint density at radius 3 is 0.689 bits per heavy atom. The van der Waals surface area contributed by atoms with E-state index in [-0.39, 0.29) is 25.7 Å². The highest BCUT2D eigenvalue weighted by Crippen LogP contribution is 2.45. The summed E-state index contributed by atoms with van der Waals surface area (Å²) >= 11 is 0. The number of hydrogen-bond acceptors (Lipinski definition) is 15. The van der Waals surface area contributed by atoms with Gasteiger partial charge in [0, 0.05) is 25.7 Å². The summed E-state index contributed by atoms with van der Waals surface area (Å²) in [6, 6.07) is 0. The maximum Gasteiger partial charge on any atom is 0.472 e. The van der Waals surface area contributed by atoms with E-state index in [9.17, 15) is 43.2 Å². The first-order chi connectivity index (χ1) is 43.1. The number of carbonyl (C=O) groups excluding carboxylic acids is 4. The molecule has 0 aromatic heterocycles. The molecule has 19 heteroatoms. The molecular formula is C71H138O17P2. The number of unbranched alkanes of at least 4 members (excludes halogenated alkanes) is 34. The van der Waals surface area contributed by atoms with Crippen LogP contribution in [0.5, 0.6) is 0 Å². The number of carbonyl (C=O) groups is 4. The molecule has 0 aromatic rings. The number of ether oxygens (including phenoxy) is 4. The number of hydrogen-bond donors (Lipinski definition) is 3. The van der Waals surface area contributed by atoms with Crippen molar-refractivity contribution in [1.29, 1.82) is 0 Å². The second-order valence-corrected chi connectivity index (χ2v) is 30.4. The van der Waals surface area contributed by atoms with E-state index in [2.05, 4.69) is 55.4 Å². The van der Waals surface area contributed by atoms with Crippen LogP contribution in [0.1, 0.15) is 351 Å². The van der Waals surface area contributed by atoms with E-state index in [4.69, 9.17) is 37.0 Å². The molecule has 0 aromatic carbocycles. The van der Waals surface area contributed by atoms with Crippen LogP contribution in [0.25, 0.3) is 0 Å². The van der Waals surface area contributed by atoms with Crippen LogP contribution < -0.4 is 0 Å². The van der Waals surface area contributed by atoms with Crippen LogP contribution in [0.3, 0.4) is 0 Å². The first-order valence-corrected chi connectivity index (χ1v) is 39.7. The van der Waals surface area contributed by atoms with E-state index in [0.29, 0.717) is 31.6 Å². The molecule has 0 saturated carbocycles. The largest absolute Gasteiger partial charge is 0.472 e. The predicted octanol–water partition coefficient (Wildman–Crippen LogP) is 20.1. The van der Waals surface area contributed by atoms with Crippen LogP contribution in [0.2, 0.25) is 0 Å². The van der Waals surface area contributed by atoms with E-state index in [0.717, 1.165) is 114 Å². The minimum absolute atomic E-state index is 0.103. The Balaban J connectivity index is 5.24. The highest BCUT2D eigenvalue weighted by molar-refractivity contribution is 7.47. The van der Waals surface area contributed by atoms with E-state index < -0.39 is 97.5 Å². The van der Waals surface area contributed by atoms with Crippen molar-refractivity contribution in [3.8, 4) is 0 Å². The lowest BCUT2D eigenvalue weighted by Crippen LogP contribution is -2.30. The third-order valence-electron chi connectivity index (χ3n) is 16.3. The highest BCUT2D eigenvalue weighted by Gasteiger charge is 2.30. The smallest absolute Gasteiger partial charge is 0.462 e. The molecule has 3 unspecified atom stereocenters. The van der Waals surface area contributed by atoms with Gasteiger partial charge in [-0.15, -0.1) is 0 Å². The van der Waals surface area contributed by atoms with Crippen LogP contribution in [-0.4, -0.2) is 96.7 Å². The number of esters is 4. The quantitative estimate of drug-likeness (QED) is 0.0222. The lowest BCUT2D eigenvalue weighted by atomic mass is 10.0. The summed E-state index contributed by atoms with van der Waals surface area (Å²) in [4.78, 5) is 72.5. The molecule has 17 nitrogen and oxygen atoms in total. The van der Waals surface area contributed by atoms with Gasteiger partial charge in [-0.1, -0.05) is 299 Å². The van der Waals surface area contributed by atoms with Gasteiger partial charge in [0.1, 0.15) is 19.3 Å². The zero-order chi connectivity index (χ0) is 66.8. The zero-order valence-electron chi connectivity index (χ0n) is 58.8. The summed E-state index contributed by atoms with van der Waals surface area (Å²) in [5, 5.41) is 10.6. The molecule has 0 rings (SSSR count). The van der Waals surface area contributed by atoms with Crippen molar-refractivity contribution in [2.75, 3.05) is 39.6 Å². The van der Waals surface area contributed by atoms with Crippen LogP contribution >= 0.6 is 15.6 Å². The summed E-state index contributed by atoms with van der Waals surface area (Å²) in [5.74, 6) is 0.832. The van der Waals surface area contributed by atoms with Crippen LogP contribution in [-0.2, 0) is 65.4 Å². The third kappa shape index (κ3) is 64.8. The molecule has 3 N–H and O–H groups in total. The first kappa shape index (κ1) is 88.1. The first-order valence-electron chi connectivity index (χ1n) is 36.7. The van der Waals surface area contributed by atoms with Crippen molar-refractivity contribution in [3.05, 3.63) is 0 Å². The number of phosphoric ester groups is 2. The molecule has 0 saturated heterocycles. The van der Waals surface area contributed by atoms with Crippen molar-refractivity contribution < 1.29 is 80.2 Å². The fourth-order valence-corrected chi connectivity index (χ4v) is 12.2. The molecule has 5 atom stereocenters. The predicted molar refractivity (Wildman–Crippen MR) is 363 cm³/mol. The lowest BCUT2D eigenvalue weighted by Gasteiger charge is -2.21. The summed E-state index contributed by atoms with van der Waals surface area (Å²) in [5.41, 5.74) is 0. The Hall–Kier alpha value is -1.94. The van der Waals surface area contributed by atoms with Gasteiger partial charge in [0.05, 0.1) is 26.4 Å². The molecule has 0 aliphatic heterocycles. The van der Waals surface area contributed by atoms with Gasteiger partial charge in [0.15, 0.2) is 12.2 Å². The minimum atomic E-state index is -4.95. The van der Waals surface area contributed by atoms with Gasteiger partial charge in [0.25, 0.3) is 0 Å². The summed E-state index contributed by atoms with van der Waals surface area (Å²) in [6.45, 7) is 14.1. The molecule has 0 aliphatic carbocycles. The van der Waals surface area contributed by atoms with Crippen molar-refractivity contribution in [2.24, 2.45) is 23.7 Å². The van der Waals surface area contributed by atoms with Gasteiger partial charge >= 0.3 is 39.5 Å². The molecule has 0 bridgehead atoms. The molecule has 0 radical (unpaired) electrons. The number of aliphatic hydroxyl groups excluding tert-OH is 1. The van der Waals surface area contributed by atoms with Crippen LogP contribution in [0.4, 0.5) is 0 Å². The van der Waals surface area contributed by atoms with Crippen LogP contribution in [0, 0.1) is 23.7 Å². The van der Waals surface area contributed by atoms with Crippen molar-refractivity contribution >= 4 is 39.5 Å². The molecular weight excluding hydrogens is 1190 g/mol. The summed E-state index contributed by atoms with van der Waals surface area (Å²) in [7, 11) is -9.90. The Morgan fingerprint density at radius 1 is 0.278 bits per heavy atom. The zero-order valence-corrected chi connectivity index (χ0v) is 60.6. The van der Waals surface area contributed by atoms with E-state index in [1.54, 1.807) is 0 Å². The second kappa shape index (κ2) is 60.7. The van der Waals surface area contributed by atoms with Crippen molar-refractivity contribution in [1.82, 2.24) is 0 Å². The third-order valence-corrected chi connectivity index (χ3v) is 18.2. The Bertz CT molecular complexity index is 1780. The highest BCUT2D eigenvalue weighted by atomic mass is 31.2. The number of rotatable bonds is 68. The second-order valence-electron chi connectivity index (χ2n) is 27.5. The minimum Gasteiger partial charge on any atom is -0.462 e. The maximum absolute atomic E-state index is 13.0. The number of phosphoric acid groups is 2. The summed E-state index contributed by atoms with van der Waals surface area (Å²) < 4.78 is 68.3. The van der Waals surface area contributed by atoms with Gasteiger partial charge in [-0.25, -0.2) is 9.13 Å². The molecule has 90 heavy (non-hydrogen) atoms. The van der Waals surface area contributed by atoms with Crippen LogP contribution in [0.15, 0.2) is 0 Å². The Labute approximate surface area is 549 Å². The lowest BCUT2D eigenvalue weighted by molar-refractivity contribution is -0.161. The molecule has 0 fully saturated rings. The van der Waals surface area contributed by atoms with E-state index in [1.807, 2.05) is 0 Å². The standard InChI is InChI=1S/C71H138O17P2/c1-61(2)47-39-31-23-16-13-11-9-10-12-14-18-28-37-45-53-70(75)87-66(57-81-68(73)51-43-35-27-19-15-17-24-32-40-48-62(3)4)59-85-89(77,78)83-55-65(72)56-84-90(79,80)86-60-67(58-82-69(74)52-44-36-30-22-26-34-42-50-64(7)8)88-71(76)54-46-38-29-21-20-25-33-41-49-63(5)6/h61-67,72H,9-60H2,1-8H3,(H,77,78)(H,79,80)/t65?,66-,67-/m1/s1. The molecule has 0 heterocycles. The van der Waals surface area contributed by atoms with E-state index >= 15 is 0 Å². The van der Waals surface area contributed by atoms with Gasteiger partial charge < -0.3 is 33.8 Å². The fraction of sp³-hybridized carbons (Fsp3) is 0.944.